The maximum atomic E-state index is 12.1. The molecule has 1 aliphatic heterocycles. The standard InChI is InChI=1S/C18H21BrN4O3S/c1-2-7-23-17(14-9-12(19)5-6-15(14)24)21-22-18(23)27-11-16(25)20-10-13-4-3-8-26-13/h2,5-6,9,13,24H,1,3-4,7-8,10-11H2,(H,20,25)/t13-/m0/s1. The second kappa shape index (κ2) is 9.38. The van der Waals surface area contributed by atoms with E-state index in [1.54, 1.807) is 24.3 Å². The van der Waals surface area contributed by atoms with E-state index >= 15 is 0 Å². The van der Waals surface area contributed by atoms with Crippen molar-refractivity contribution in [3.8, 4) is 17.1 Å². The summed E-state index contributed by atoms with van der Waals surface area (Å²) >= 11 is 4.70. The van der Waals surface area contributed by atoms with Crippen LogP contribution in [0.25, 0.3) is 11.4 Å². The molecule has 0 unspecified atom stereocenters. The largest absolute Gasteiger partial charge is 0.507 e. The number of aromatic hydroxyl groups is 1. The van der Waals surface area contributed by atoms with Crippen LogP contribution in [0.1, 0.15) is 12.8 Å². The fraction of sp³-hybridized carbons (Fsp3) is 0.389. The lowest BCUT2D eigenvalue weighted by Crippen LogP contribution is -2.32. The number of carbonyl (C=O) groups is 1. The van der Waals surface area contributed by atoms with Crippen LogP contribution >= 0.6 is 27.7 Å². The summed E-state index contributed by atoms with van der Waals surface area (Å²) in [6, 6.07) is 5.13. The smallest absolute Gasteiger partial charge is 0.230 e. The predicted molar refractivity (Wildman–Crippen MR) is 108 cm³/mol. The van der Waals surface area contributed by atoms with Gasteiger partial charge in [0.05, 0.1) is 17.4 Å². The molecule has 1 amide bonds. The number of phenols is 1. The summed E-state index contributed by atoms with van der Waals surface area (Å²) in [5, 5.41) is 22.1. The van der Waals surface area contributed by atoms with Gasteiger partial charge in [0.2, 0.25) is 5.91 Å². The Kier molecular flexibility index (Phi) is 6.92. The van der Waals surface area contributed by atoms with E-state index in [9.17, 15) is 9.90 Å². The van der Waals surface area contributed by atoms with Gasteiger partial charge in [0.15, 0.2) is 11.0 Å². The van der Waals surface area contributed by atoms with E-state index in [0.717, 1.165) is 23.9 Å². The fourth-order valence-corrected chi connectivity index (χ4v) is 3.93. The Bertz CT molecular complexity index is 821. The van der Waals surface area contributed by atoms with Crippen molar-refractivity contribution in [2.75, 3.05) is 18.9 Å². The molecular weight excluding hydrogens is 432 g/mol. The van der Waals surface area contributed by atoms with Crippen LogP contribution in [0.4, 0.5) is 0 Å². The van der Waals surface area contributed by atoms with Crippen molar-refractivity contribution in [2.45, 2.75) is 30.6 Å². The van der Waals surface area contributed by atoms with E-state index in [1.807, 2.05) is 4.57 Å². The molecule has 0 saturated carbocycles. The molecule has 0 radical (unpaired) electrons. The highest BCUT2D eigenvalue weighted by atomic mass is 79.9. The number of nitrogens with one attached hydrogen (secondary N) is 1. The van der Waals surface area contributed by atoms with E-state index in [2.05, 4.69) is 38.0 Å². The number of ether oxygens (including phenoxy) is 1. The Balaban J connectivity index is 1.68. The Morgan fingerprint density at radius 1 is 1.52 bits per heavy atom. The molecule has 1 fully saturated rings. The average Bonchev–Trinajstić information content (AvgIpc) is 3.31. The van der Waals surface area contributed by atoms with E-state index in [1.165, 1.54) is 11.8 Å². The van der Waals surface area contributed by atoms with Gasteiger partial charge in [0.1, 0.15) is 5.75 Å². The van der Waals surface area contributed by atoms with Crippen LogP contribution in [0.15, 0.2) is 40.5 Å². The van der Waals surface area contributed by atoms with E-state index in [4.69, 9.17) is 4.74 Å². The molecule has 3 rings (SSSR count). The zero-order valence-corrected chi connectivity index (χ0v) is 17.1. The molecule has 27 heavy (non-hydrogen) atoms. The first-order chi connectivity index (χ1) is 13.1. The SMILES string of the molecule is C=CCn1c(SCC(=O)NC[C@@H]2CCCO2)nnc1-c1cc(Br)ccc1O. The van der Waals surface area contributed by atoms with Gasteiger partial charge in [-0.3, -0.25) is 9.36 Å². The van der Waals surface area contributed by atoms with Crippen molar-refractivity contribution < 1.29 is 14.6 Å². The molecule has 1 saturated heterocycles. The predicted octanol–water partition coefficient (Wildman–Crippen LogP) is 2.99. The summed E-state index contributed by atoms with van der Waals surface area (Å²) in [5.74, 6) is 0.792. The van der Waals surface area contributed by atoms with Gasteiger partial charge in [0, 0.05) is 24.2 Å². The second-order valence-corrected chi connectivity index (χ2v) is 7.95. The molecule has 9 heteroatoms. The van der Waals surface area contributed by atoms with E-state index in [-0.39, 0.29) is 23.5 Å². The molecule has 144 valence electrons. The van der Waals surface area contributed by atoms with Gasteiger partial charge < -0.3 is 15.2 Å². The highest BCUT2D eigenvalue weighted by molar-refractivity contribution is 9.10. The summed E-state index contributed by atoms with van der Waals surface area (Å²) in [7, 11) is 0. The summed E-state index contributed by atoms with van der Waals surface area (Å²) in [6.45, 7) is 5.54. The van der Waals surface area contributed by atoms with Crippen LogP contribution in [-0.4, -0.2) is 50.8 Å². The van der Waals surface area contributed by atoms with Gasteiger partial charge in [-0.1, -0.05) is 33.8 Å². The first-order valence-electron chi connectivity index (χ1n) is 8.62. The number of hydrogen-bond acceptors (Lipinski definition) is 6. The number of aromatic nitrogens is 3. The number of benzene rings is 1. The summed E-state index contributed by atoms with van der Waals surface area (Å²) in [5.41, 5.74) is 0.563. The number of rotatable bonds is 8. The molecule has 1 aliphatic rings. The van der Waals surface area contributed by atoms with Crippen LogP contribution in [0.3, 0.4) is 0 Å². The first kappa shape index (κ1) is 19.9. The third-order valence-electron chi connectivity index (χ3n) is 4.11. The van der Waals surface area contributed by atoms with Gasteiger partial charge in [0.25, 0.3) is 0 Å². The van der Waals surface area contributed by atoms with E-state index < -0.39 is 0 Å². The van der Waals surface area contributed by atoms with Crippen molar-refractivity contribution in [3.63, 3.8) is 0 Å². The maximum Gasteiger partial charge on any atom is 0.230 e. The lowest BCUT2D eigenvalue weighted by Gasteiger charge is -2.11. The van der Waals surface area contributed by atoms with Crippen LogP contribution in [0.2, 0.25) is 0 Å². The normalized spacial score (nSPS) is 16.4. The number of nitrogens with zero attached hydrogens (tertiary/aromatic N) is 3. The summed E-state index contributed by atoms with van der Waals surface area (Å²) < 4.78 is 8.15. The minimum Gasteiger partial charge on any atom is -0.507 e. The Labute approximate surface area is 170 Å². The summed E-state index contributed by atoms with van der Waals surface area (Å²) in [6.07, 6.45) is 3.88. The first-order valence-corrected chi connectivity index (χ1v) is 10.4. The number of hydrogen-bond donors (Lipinski definition) is 2. The zero-order valence-electron chi connectivity index (χ0n) is 14.7. The Hall–Kier alpha value is -1.84. The molecule has 2 N–H and O–H groups in total. The van der Waals surface area contributed by atoms with Crippen LogP contribution < -0.4 is 5.32 Å². The summed E-state index contributed by atoms with van der Waals surface area (Å²) in [4.78, 5) is 12.1. The molecule has 0 bridgehead atoms. The highest BCUT2D eigenvalue weighted by Gasteiger charge is 2.19. The van der Waals surface area contributed by atoms with Gasteiger partial charge in [-0.2, -0.15) is 0 Å². The number of carbonyl (C=O) groups excluding carboxylic acids is 1. The highest BCUT2D eigenvalue weighted by Crippen LogP contribution is 2.32. The monoisotopic (exact) mass is 452 g/mol. The molecule has 1 aromatic carbocycles. The van der Waals surface area contributed by atoms with Crippen molar-refractivity contribution in [2.24, 2.45) is 0 Å². The molecule has 1 atom stereocenters. The number of halogens is 1. The van der Waals surface area contributed by atoms with Crippen molar-refractivity contribution in [1.29, 1.82) is 0 Å². The maximum absolute atomic E-state index is 12.1. The molecule has 2 heterocycles. The molecule has 2 aromatic rings. The lowest BCUT2D eigenvalue weighted by atomic mass is 10.2. The van der Waals surface area contributed by atoms with Crippen LogP contribution in [0.5, 0.6) is 5.75 Å². The van der Waals surface area contributed by atoms with Crippen molar-refractivity contribution >= 4 is 33.6 Å². The number of thioether (sulfide) groups is 1. The number of phenolic OH excluding ortho intramolecular Hbond substituents is 1. The zero-order chi connectivity index (χ0) is 19.2. The van der Waals surface area contributed by atoms with Gasteiger partial charge in [-0.25, -0.2) is 0 Å². The molecule has 7 nitrogen and oxygen atoms in total. The van der Waals surface area contributed by atoms with Crippen LogP contribution in [0, 0.1) is 0 Å². The minimum absolute atomic E-state index is 0.0736. The quantitative estimate of drug-likeness (QED) is 0.472. The molecular formula is C18H21BrN4O3S. The minimum atomic E-state index is -0.0736. The van der Waals surface area contributed by atoms with Crippen LogP contribution in [-0.2, 0) is 16.1 Å². The third-order valence-corrected chi connectivity index (χ3v) is 5.57. The average molecular weight is 453 g/mol. The van der Waals surface area contributed by atoms with Crippen molar-refractivity contribution in [1.82, 2.24) is 20.1 Å². The van der Waals surface area contributed by atoms with Gasteiger partial charge in [-0.05, 0) is 31.0 Å². The fourth-order valence-electron chi connectivity index (χ4n) is 2.79. The lowest BCUT2D eigenvalue weighted by molar-refractivity contribution is -0.119. The van der Waals surface area contributed by atoms with Crippen molar-refractivity contribution in [3.05, 3.63) is 35.3 Å². The Morgan fingerprint density at radius 2 is 2.37 bits per heavy atom. The number of amides is 1. The second-order valence-electron chi connectivity index (χ2n) is 6.09. The third kappa shape index (κ3) is 5.12. The topological polar surface area (TPSA) is 89.3 Å². The van der Waals surface area contributed by atoms with Gasteiger partial charge >= 0.3 is 0 Å². The number of allylic oxidation sites excluding steroid dienone is 1. The molecule has 1 aromatic heterocycles. The Morgan fingerprint density at radius 3 is 3.11 bits per heavy atom. The molecule has 0 aliphatic carbocycles. The molecule has 0 spiro atoms. The van der Waals surface area contributed by atoms with E-state index in [0.29, 0.717) is 29.6 Å². The van der Waals surface area contributed by atoms with Gasteiger partial charge in [-0.15, -0.1) is 16.8 Å².